The van der Waals surface area contributed by atoms with Gasteiger partial charge in [-0.3, -0.25) is 14.4 Å². The summed E-state index contributed by atoms with van der Waals surface area (Å²) in [7, 11) is 1.52. The molecule has 24 heavy (non-hydrogen) atoms. The fraction of sp³-hybridized carbons (Fsp3) is 0.267. The molecule has 0 aromatic heterocycles. The highest BCUT2D eigenvalue weighted by molar-refractivity contribution is 6.42. The van der Waals surface area contributed by atoms with Crippen LogP contribution in [0.25, 0.3) is 0 Å². The summed E-state index contributed by atoms with van der Waals surface area (Å²) in [4.78, 5) is 37.5. The third-order valence-electron chi connectivity index (χ3n) is 3.48. The molecule has 0 radical (unpaired) electrons. The SMILES string of the molecule is CN(Cc1ccc(Cl)c(Cl)c1)C(=O)C1=C(O)C(=O)N(CC(N)=O)C1. The molecule has 1 aliphatic rings. The van der Waals surface area contributed by atoms with Gasteiger partial charge in [-0.1, -0.05) is 29.3 Å². The number of aliphatic hydroxyl groups excluding tert-OH is 1. The van der Waals surface area contributed by atoms with Crippen molar-refractivity contribution >= 4 is 40.9 Å². The van der Waals surface area contributed by atoms with Crippen molar-refractivity contribution < 1.29 is 19.5 Å². The third kappa shape index (κ3) is 3.80. The Morgan fingerprint density at radius 3 is 2.58 bits per heavy atom. The highest BCUT2D eigenvalue weighted by Gasteiger charge is 2.35. The van der Waals surface area contributed by atoms with Crippen LogP contribution in [-0.2, 0) is 20.9 Å². The molecule has 0 saturated heterocycles. The summed E-state index contributed by atoms with van der Waals surface area (Å²) in [6.07, 6.45) is 0. The number of amides is 3. The van der Waals surface area contributed by atoms with E-state index in [-0.39, 0.29) is 25.2 Å². The molecule has 0 atom stereocenters. The Morgan fingerprint density at radius 2 is 2.00 bits per heavy atom. The first-order valence-electron chi connectivity index (χ1n) is 6.89. The molecular formula is C15H15Cl2N3O4. The first kappa shape index (κ1) is 18.1. The number of rotatable bonds is 5. The number of carbonyl (C=O) groups excluding carboxylic acids is 3. The van der Waals surface area contributed by atoms with Crippen molar-refractivity contribution in [1.82, 2.24) is 9.80 Å². The Bertz CT molecular complexity index is 748. The minimum atomic E-state index is -0.792. The largest absolute Gasteiger partial charge is 0.503 e. The Morgan fingerprint density at radius 1 is 1.33 bits per heavy atom. The molecule has 1 aromatic carbocycles. The molecule has 0 spiro atoms. The van der Waals surface area contributed by atoms with Crippen molar-refractivity contribution in [3.63, 3.8) is 0 Å². The van der Waals surface area contributed by atoms with Gasteiger partial charge in [0.15, 0.2) is 5.76 Å². The maximum atomic E-state index is 12.4. The van der Waals surface area contributed by atoms with Gasteiger partial charge in [-0.25, -0.2) is 0 Å². The fourth-order valence-corrected chi connectivity index (χ4v) is 2.64. The number of benzene rings is 1. The number of carbonyl (C=O) groups is 3. The lowest BCUT2D eigenvalue weighted by Gasteiger charge is -2.19. The summed E-state index contributed by atoms with van der Waals surface area (Å²) < 4.78 is 0. The van der Waals surface area contributed by atoms with Crippen LogP contribution in [0.2, 0.25) is 10.0 Å². The summed E-state index contributed by atoms with van der Waals surface area (Å²) >= 11 is 11.8. The van der Waals surface area contributed by atoms with Crippen LogP contribution in [0.1, 0.15) is 5.56 Å². The van der Waals surface area contributed by atoms with Gasteiger partial charge >= 0.3 is 0 Å². The minimum absolute atomic E-state index is 0.0798. The summed E-state index contributed by atoms with van der Waals surface area (Å²) in [5, 5.41) is 10.6. The molecule has 0 saturated carbocycles. The number of primary amides is 1. The van der Waals surface area contributed by atoms with Gasteiger partial charge in [0.2, 0.25) is 5.91 Å². The predicted octanol–water partition coefficient (Wildman–Crippen LogP) is 1.09. The number of hydrogen-bond acceptors (Lipinski definition) is 4. The molecule has 3 N–H and O–H groups in total. The molecule has 0 unspecified atom stereocenters. The molecule has 2 rings (SSSR count). The second-order valence-electron chi connectivity index (χ2n) is 5.36. The molecular weight excluding hydrogens is 357 g/mol. The lowest BCUT2D eigenvalue weighted by atomic mass is 10.2. The van der Waals surface area contributed by atoms with E-state index in [2.05, 4.69) is 0 Å². The summed E-state index contributed by atoms with van der Waals surface area (Å²) in [6.45, 7) is -0.329. The number of aliphatic hydroxyl groups is 1. The minimum Gasteiger partial charge on any atom is -0.503 e. The Balaban J connectivity index is 2.11. The quantitative estimate of drug-likeness (QED) is 0.808. The average molecular weight is 372 g/mol. The second kappa shape index (κ2) is 7.11. The summed E-state index contributed by atoms with van der Waals surface area (Å²) in [6, 6.07) is 4.95. The standard InChI is InChI=1S/C15H15Cl2N3O4/c1-19(5-8-2-3-10(16)11(17)4-8)14(23)9-6-20(7-12(18)21)15(24)13(9)22/h2-4,22H,5-7H2,1H3,(H2,18,21). The van der Waals surface area contributed by atoms with Gasteiger partial charge in [0, 0.05) is 13.6 Å². The third-order valence-corrected chi connectivity index (χ3v) is 4.22. The second-order valence-corrected chi connectivity index (χ2v) is 6.18. The zero-order valence-electron chi connectivity index (χ0n) is 12.8. The molecule has 3 amide bonds. The first-order chi connectivity index (χ1) is 11.2. The van der Waals surface area contributed by atoms with Crippen LogP contribution in [-0.4, -0.2) is 52.8 Å². The number of nitrogens with zero attached hydrogens (tertiary/aromatic N) is 2. The van der Waals surface area contributed by atoms with E-state index in [1.54, 1.807) is 18.2 Å². The summed E-state index contributed by atoms with van der Waals surface area (Å²) in [5.74, 6) is -2.71. The Labute approximate surface area is 148 Å². The van der Waals surface area contributed by atoms with Crippen LogP contribution in [0.15, 0.2) is 29.5 Å². The van der Waals surface area contributed by atoms with Crippen molar-refractivity contribution in [2.45, 2.75) is 6.54 Å². The lowest BCUT2D eigenvalue weighted by molar-refractivity contribution is -0.132. The van der Waals surface area contributed by atoms with Gasteiger partial charge < -0.3 is 20.6 Å². The topological polar surface area (TPSA) is 104 Å². The highest BCUT2D eigenvalue weighted by Crippen LogP contribution is 2.24. The van der Waals surface area contributed by atoms with Crippen LogP contribution in [0, 0.1) is 0 Å². The first-order valence-corrected chi connectivity index (χ1v) is 7.65. The monoisotopic (exact) mass is 371 g/mol. The number of halogens is 2. The maximum Gasteiger partial charge on any atom is 0.290 e. The zero-order chi connectivity index (χ0) is 18.0. The van der Waals surface area contributed by atoms with Gasteiger partial charge in [-0.2, -0.15) is 0 Å². The highest BCUT2D eigenvalue weighted by atomic mass is 35.5. The number of hydrogen-bond donors (Lipinski definition) is 2. The van der Waals surface area contributed by atoms with E-state index < -0.39 is 23.5 Å². The molecule has 128 valence electrons. The predicted molar refractivity (Wildman–Crippen MR) is 88.4 cm³/mol. The average Bonchev–Trinajstić information content (AvgIpc) is 2.78. The van der Waals surface area contributed by atoms with E-state index in [4.69, 9.17) is 28.9 Å². The molecule has 1 aliphatic heterocycles. The Kier molecular flexibility index (Phi) is 5.36. The van der Waals surface area contributed by atoms with Crippen molar-refractivity contribution in [1.29, 1.82) is 0 Å². The Hall–Kier alpha value is -2.25. The van der Waals surface area contributed by atoms with Crippen LogP contribution in [0.4, 0.5) is 0 Å². The van der Waals surface area contributed by atoms with Gasteiger partial charge in [0.05, 0.1) is 22.2 Å². The molecule has 0 fully saturated rings. The van der Waals surface area contributed by atoms with E-state index >= 15 is 0 Å². The number of likely N-dealkylation sites (N-methyl/N-ethyl adjacent to an activating group) is 1. The molecule has 0 aliphatic carbocycles. The molecule has 7 nitrogen and oxygen atoms in total. The van der Waals surface area contributed by atoms with Gasteiger partial charge in [0.25, 0.3) is 11.8 Å². The number of nitrogens with two attached hydrogens (primary N) is 1. The van der Waals surface area contributed by atoms with E-state index in [0.717, 1.165) is 10.5 Å². The van der Waals surface area contributed by atoms with E-state index in [9.17, 15) is 19.5 Å². The van der Waals surface area contributed by atoms with Crippen LogP contribution in [0.5, 0.6) is 0 Å². The van der Waals surface area contributed by atoms with Crippen molar-refractivity contribution in [3.05, 3.63) is 45.1 Å². The van der Waals surface area contributed by atoms with Gasteiger partial charge in [-0.15, -0.1) is 0 Å². The van der Waals surface area contributed by atoms with E-state index in [1.807, 2.05) is 0 Å². The van der Waals surface area contributed by atoms with Crippen LogP contribution in [0.3, 0.4) is 0 Å². The van der Waals surface area contributed by atoms with Gasteiger partial charge in [-0.05, 0) is 17.7 Å². The molecule has 1 aromatic rings. The smallest absolute Gasteiger partial charge is 0.290 e. The molecule has 0 bridgehead atoms. The van der Waals surface area contributed by atoms with Gasteiger partial charge in [0.1, 0.15) is 6.54 Å². The maximum absolute atomic E-state index is 12.4. The summed E-state index contributed by atoms with van der Waals surface area (Å²) in [5.41, 5.74) is 5.69. The van der Waals surface area contributed by atoms with E-state index in [0.29, 0.717) is 10.0 Å². The zero-order valence-corrected chi connectivity index (χ0v) is 14.3. The fourth-order valence-electron chi connectivity index (χ4n) is 2.32. The molecule has 9 heteroatoms. The normalized spacial score (nSPS) is 14.3. The van der Waals surface area contributed by atoms with Crippen molar-refractivity contribution in [3.8, 4) is 0 Å². The molecule has 1 heterocycles. The lowest BCUT2D eigenvalue weighted by Crippen LogP contribution is -2.37. The van der Waals surface area contributed by atoms with Crippen molar-refractivity contribution in [2.75, 3.05) is 20.1 Å². The van der Waals surface area contributed by atoms with Crippen molar-refractivity contribution in [2.24, 2.45) is 5.73 Å². The van der Waals surface area contributed by atoms with E-state index in [1.165, 1.54) is 11.9 Å². The van der Waals surface area contributed by atoms with Crippen LogP contribution < -0.4 is 5.73 Å². The van der Waals surface area contributed by atoms with Crippen LogP contribution >= 0.6 is 23.2 Å².